The number of carbonyl (C=O) groups excluding carboxylic acids is 1. The van der Waals surface area contributed by atoms with Gasteiger partial charge in [0.25, 0.3) is 5.69 Å². The first-order chi connectivity index (χ1) is 9.11. The summed E-state index contributed by atoms with van der Waals surface area (Å²) in [7, 11) is 0. The number of carbonyl (C=O) groups is 1. The molecule has 0 spiro atoms. The molecule has 19 heavy (non-hydrogen) atoms. The molecule has 1 aromatic carbocycles. The highest BCUT2D eigenvalue weighted by Crippen LogP contribution is 2.34. The molecule has 0 radical (unpaired) electrons. The van der Waals surface area contributed by atoms with Gasteiger partial charge in [-0.3, -0.25) is 20.2 Å². The van der Waals surface area contributed by atoms with Crippen molar-refractivity contribution in [3.8, 4) is 0 Å². The predicted molar refractivity (Wildman–Crippen MR) is 71.9 cm³/mol. The van der Waals surface area contributed by atoms with E-state index in [4.69, 9.17) is 4.74 Å². The minimum atomic E-state index is -0.425. The third kappa shape index (κ3) is 3.24. The topological polar surface area (TPSA) is 81.5 Å². The van der Waals surface area contributed by atoms with E-state index >= 15 is 0 Å². The quantitative estimate of drug-likeness (QED) is 0.515. The Labute approximate surface area is 114 Å². The maximum absolute atomic E-state index is 11.6. The number of hydrogen-bond acceptors (Lipinski definition) is 6. The maximum atomic E-state index is 11.6. The molecule has 1 N–H and O–H groups in total. The molecule has 2 rings (SSSR count). The Morgan fingerprint density at radius 3 is 3.11 bits per heavy atom. The van der Waals surface area contributed by atoms with Gasteiger partial charge in [-0.05, 0) is 12.5 Å². The van der Waals surface area contributed by atoms with E-state index in [9.17, 15) is 14.9 Å². The molecule has 0 saturated carbocycles. The number of ether oxygens (including phenoxy) is 1. The number of benzene rings is 1. The number of esters is 1. The fourth-order valence-electron chi connectivity index (χ4n) is 1.84. The van der Waals surface area contributed by atoms with Gasteiger partial charge in [0.05, 0.1) is 16.9 Å². The lowest BCUT2D eigenvalue weighted by atomic mass is 10.2. The maximum Gasteiger partial charge on any atom is 0.324 e. The van der Waals surface area contributed by atoms with Crippen molar-refractivity contribution in [2.75, 3.05) is 12.4 Å². The minimum Gasteiger partial charge on any atom is -0.465 e. The zero-order valence-corrected chi connectivity index (χ0v) is 11.2. The van der Waals surface area contributed by atoms with Gasteiger partial charge in [-0.2, -0.15) is 0 Å². The second-order valence-electron chi connectivity index (χ2n) is 4.04. The van der Waals surface area contributed by atoms with E-state index in [1.165, 1.54) is 12.1 Å². The number of rotatable bonds is 4. The molecule has 0 aliphatic carbocycles. The first kappa shape index (κ1) is 13.8. The standard InChI is InChI=1S/C12H14N2O4S/c1-2-18-12(15)10-7-19-11(13-10)8-4-3-5-9(6-8)14(16)17/h3-6,10-11,13H,2,7H2,1H3/t10-,11-/m0/s1. The van der Waals surface area contributed by atoms with Gasteiger partial charge in [0, 0.05) is 17.9 Å². The van der Waals surface area contributed by atoms with Crippen molar-refractivity contribution < 1.29 is 14.5 Å². The first-order valence-electron chi connectivity index (χ1n) is 5.90. The monoisotopic (exact) mass is 282 g/mol. The molecule has 1 aliphatic heterocycles. The van der Waals surface area contributed by atoms with Crippen LogP contribution in [0.3, 0.4) is 0 Å². The van der Waals surface area contributed by atoms with Gasteiger partial charge in [0.15, 0.2) is 0 Å². The third-order valence-corrected chi connectivity index (χ3v) is 4.00. The van der Waals surface area contributed by atoms with Gasteiger partial charge >= 0.3 is 5.97 Å². The number of nitro groups is 1. The molecule has 1 aliphatic rings. The smallest absolute Gasteiger partial charge is 0.324 e. The Morgan fingerprint density at radius 1 is 1.63 bits per heavy atom. The average Bonchev–Trinajstić information content (AvgIpc) is 2.89. The van der Waals surface area contributed by atoms with E-state index in [0.717, 1.165) is 5.56 Å². The van der Waals surface area contributed by atoms with Crippen LogP contribution in [0.4, 0.5) is 5.69 Å². The molecular weight excluding hydrogens is 268 g/mol. The average molecular weight is 282 g/mol. The van der Waals surface area contributed by atoms with E-state index in [1.54, 1.807) is 24.8 Å². The molecule has 1 fully saturated rings. The number of hydrogen-bond donors (Lipinski definition) is 1. The number of nitro benzene ring substituents is 1. The summed E-state index contributed by atoms with van der Waals surface area (Å²) in [5.41, 5.74) is 0.852. The van der Waals surface area contributed by atoms with Crippen molar-refractivity contribution in [1.29, 1.82) is 0 Å². The third-order valence-electron chi connectivity index (χ3n) is 2.74. The summed E-state index contributed by atoms with van der Waals surface area (Å²) in [5.74, 6) is 0.328. The summed E-state index contributed by atoms with van der Waals surface area (Å²) < 4.78 is 4.95. The second-order valence-corrected chi connectivity index (χ2v) is 5.17. The first-order valence-corrected chi connectivity index (χ1v) is 6.95. The Bertz CT molecular complexity index is 494. The highest BCUT2D eigenvalue weighted by Gasteiger charge is 2.31. The van der Waals surface area contributed by atoms with Crippen molar-refractivity contribution in [3.05, 3.63) is 39.9 Å². The van der Waals surface area contributed by atoms with Gasteiger partial charge in [-0.15, -0.1) is 11.8 Å². The fraction of sp³-hybridized carbons (Fsp3) is 0.417. The molecule has 102 valence electrons. The lowest BCUT2D eigenvalue weighted by Crippen LogP contribution is -2.35. The Kier molecular flexibility index (Phi) is 4.39. The van der Waals surface area contributed by atoms with Crippen LogP contribution in [0.15, 0.2) is 24.3 Å². The lowest BCUT2D eigenvalue weighted by Gasteiger charge is -2.12. The van der Waals surface area contributed by atoms with Crippen LogP contribution in [0.1, 0.15) is 17.9 Å². The zero-order valence-electron chi connectivity index (χ0n) is 10.4. The van der Waals surface area contributed by atoms with Crippen LogP contribution in [0.25, 0.3) is 0 Å². The summed E-state index contributed by atoms with van der Waals surface area (Å²) in [4.78, 5) is 21.9. The fourth-order valence-corrected chi connectivity index (χ4v) is 3.06. The molecular formula is C12H14N2O4S. The normalized spacial score (nSPS) is 22.2. The molecule has 1 heterocycles. The van der Waals surface area contributed by atoms with E-state index in [1.807, 2.05) is 6.07 Å². The van der Waals surface area contributed by atoms with Crippen molar-refractivity contribution in [1.82, 2.24) is 5.32 Å². The van der Waals surface area contributed by atoms with Gasteiger partial charge < -0.3 is 4.74 Å². The predicted octanol–water partition coefficient (Wildman–Crippen LogP) is 1.86. The van der Waals surface area contributed by atoms with E-state index in [2.05, 4.69) is 5.32 Å². The van der Waals surface area contributed by atoms with Gasteiger partial charge in [-0.1, -0.05) is 12.1 Å². The van der Waals surface area contributed by atoms with Crippen LogP contribution in [-0.2, 0) is 9.53 Å². The summed E-state index contributed by atoms with van der Waals surface area (Å²) in [6, 6.07) is 6.08. The Hall–Kier alpha value is -1.60. The highest BCUT2D eigenvalue weighted by atomic mass is 32.2. The minimum absolute atomic E-state index is 0.0551. The SMILES string of the molecule is CCOC(=O)[C@@H]1CS[C@@H](c2cccc([N+](=O)[O-])c2)N1. The molecule has 0 unspecified atom stereocenters. The lowest BCUT2D eigenvalue weighted by molar-refractivity contribution is -0.384. The number of nitrogens with zero attached hydrogens (tertiary/aromatic N) is 1. The molecule has 0 bridgehead atoms. The second kappa shape index (κ2) is 6.03. The number of non-ortho nitro benzene ring substituents is 1. The van der Waals surface area contributed by atoms with Crippen LogP contribution in [-0.4, -0.2) is 29.3 Å². The summed E-state index contributed by atoms with van der Waals surface area (Å²) in [6.45, 7) is 2.11. The van der Waals surface area contributed by atoms with E-state index in [-0.39, 0.29) is 23.1 Å². The molecule has 1 saturated heterocycles. The number of thioether (sulfide) groups is 1. The van der Waals surface area contributed by atoms with Crippen LogP contribution in [0.2, 0.25) is 0 Å². The number of nitrogens with one attached hydrogen (secondary N) is 1. The van der Waals surface area contributed by atoms with Gasteiger partial charge in [0.1, 0.15) is 6.04 Å². The molecule has 1 aromatic rings. The van der Waals surface area contributed by atoms with Gasteiger partial charge in [-0.25, -0.2) is 0 Å². The van der Waals surface area contributed by atoms with Crippen molar-refractivity contribution in [3.63, 3.8) is 0 Å². The van der Waals surface area contributed by atoms with Crippen LogP contribution in [0.5, 0.6) is 0 Å². The molecule has 2 atom stereocenters. The van der Waals surface area contributed by atoms with Crippen molar-refractivity contribution in [2.45, 2.75) is 18.3 Å². The molecule has 7 heteroatoms. The summed E-state index contributed by atoms with van der Waals surface area (Å²) >= 11 is 1.54. The van der Waals surface area contributed by atoms with Gasteiger partial charge in [0.2, 0.25) is 0 Å². The zero-order chi connectivity index (χ0) is 13.8. The Balaban J connectivity index is 2.06. The molecule has 6 nitrogen and oxygen atoms in total. The van der Waals surface area contributed by atoms with Crippen LogP contribution in [0, 0.1) is 10.1 Å². The van der Waals surface area contributed by atoms with E-state index in [0.29, 0.717) is 12.4 Å². The Morgan fingerprint density at radius 2 is 2.42 bits per heavy atom. The van der Waals surface area contributed by atoms with Crippen LogP contribution < -0.4 is 5.32 Å². The van der Waals surface area contributed by atoms with Crippen molar-refractivity contribution in [2.24, 2.45) is 0 Å². The highest BCUT2D eigenvalue weighted by molar-refractivity contribution is 7.99. The largest absolute Gasteiger partial charge is 0.465 e. The van der Waals surface area contributed by atoms with Crippen molar-refractivity contribution >= 4 is 23.4 Å². The van der Waals surface area contributed by atoms with Crippen LogP contribution >= 0.6 is 11.8 Å². The summed E-state index contributed by atoms with van der Waals surface area (Å²) in [6.07, 6.45) is 0. The molecule has 0 aromatic heterocycles. The summed E-state index contributed by atoms with van der Waals surface area (Å²) in [5, 5.41) is 13.7. The molecule has 0 amide bonds. The van der Waals surface area contributed by atoms with E-state index < -0.39 is 4.92 Å².